The van der Waals surface area contributed by atoms with E-state index in [1.807, 2.05) is 0 Å². The average molecular weight is 433 g/mol. The molecule has 0 amide bonds. The Hall–Kier alpha value is -3.62. The summed E-state index contributed by atoms with van der Waals surface area (Å²) in [5.41, 5.74) is -2.31. The molecule has 0 atom stereocenters. The molecule has 0 saturated heterocycles. The van der Waals surface area contributed by atoms with Gasteiger partial charge in [0.25, 0.3) is 0 Å². The molecular formula is C22H18F3NO5. The zero-order valence-corrected chi connectivity index (χ0v) is 16.7. The SMILES string of the molecule is CCOC(=O)c1c(C(=O)OCC)c2cc(C(F)(F)F)ccn2c1C(=O)c1ccccc1. The second-order valence-electron chi connectivity index (χ2n) is 6.40. The molecule has 31 heavy (non-hydrogen) atoms. The van der Waals surface area contributed by atoms with Gasteiger partial charge in [-0.05, 0) is 26.0 Å². The van der Waals surface area contributed by atoms with Crippen molar-refractivity contribution in [2.75, 3.05) is 13.2 Å². The number of hydrogen-bond donors (Lipinski definition) is 0. The minimum absolute atomic E-state index is 0.0694. The number of benzene rings is 1. The Morgan fingerprint density at radius 1 is 0.903 bits per heavy atom. The highest BCUT2D eigenvalue weighted by Gasteiger charge is 2.36. The predicted molar refractivity (Wildman–Crippen MR) is 104 cm³/mol. The minimum Gasteiger partial charge on any atom is -0.462 e. The second kappa shape index (κ2) is 8.63. The van der Waals surface area contributed by atoms with Crippen LogP contribution in [0.1, 0.15) is 56.2 Å². The van der Waals surface area contributed by atoms with Gasteiger partial charge in [-0.25, -0.2) is 9.59 Å². The van der Waals surface area contributed by atoms with E-state index in [2.05, 4.69) is 0 Å². The molecule has 6 nitrogen and oxygen atoms in total. The zero-order chi connectivity index (χ0) is 22.8. The number of ether oxygens (including phenoxy) is 2. The molecule has 0 saturated carbocycles. The third kappa shape index (κ3) is 4.16. The van der Waals surface area contributed by atoms with Crippen molar-refractivity contribution in [2.24, 2.45) is 0 Å². The smallest absolute Gasteiger partial charge is 0.416 e. The maximum absolute atomic E-state index is 13.3. The molecule has 1 aromatic carbocycles. The van der Waals surface area contributed by atoms with Crippen molar-refractivity contribution in [3.05, 3.63) is 76.6 Å². The van der Waals surface area contributed by atoms with Crippen molar-refractivity contribution in [1.29, 1.82) is 0 Å². The average Bonchev–Trinajstić information content (AvgIpc) is 3.08. The van der Waals surface area contributed by atoms with E-state index >= 15 is 0 Å². The van der Waals surface area contributed by atoms with Crippen molar-refractivity contribution >= 4 is 23.2 Å². The minimum atomic E-state index is -4.70. The molecule has 0 aliphatic carbocycles. The number of hydrogen-bond acceptors (Lipinski definition) is 5. The van der Waals surface area contributed by atoms with Crippen molar-refractivity contribution < 1.29 is 37.0 Å². The third-order valence-electron chi connectivity index (χ3n) is 4.48. The van der Waals surface area contributed by atoms with Crippen LogP contribution in [0.5, 0.6) is 0 Å². The van der Waals surface area contributed by atoms with Gasteiger partial charge in [0.1, 0.15) is 16.8 Å². The van der Waals surface area contributed by atoms with Gasteiger partial charge in [0.2, 0.25) is 5.78 Å². The molecule has 0 aliphatic heterocycles. The van der Waals surface area contributed by atoms with Crippen molar-refractivity contribution in [3.8, 4) is 0 Å². The Morgan fingerprint density at radius 3 is 2.03 bits per heavy atom. The standard InChI is InChI=1S/C22H18F3NO5/c1-3-30-20(28)16-15-12-14(22(23,24)25)10-11-26(15)18(17(16)21(29)31-4-2)19(27)13-8-6-5-7-9-13/h5-12H,3-4H2,1-2H3. The van der Waals surface area contributed by atoms with E-state index in [0.29, 0.717) is 6.07 Å². The summed E-state index contributed by atoms with van der Waals surface area (Å²) in [6.45, 7) is 2.88. The number of carbonyl (C=O) groups is 3. The molecule has 0 fully saturated rings. The molecule has 2 aromatic heterocycles. The summed E-state index contributed by atoms with van der Waals surface area (Å²) < 4.78 is 51.0. The van der Waals surface area contributed by atoms with E-state index < -0.39 is 40.6 Å². The number of aromatic nitrogens is 1. The Bertz CT molecular complexity index is 1150. The number of rotatable bonds is 6. The Labute approximate surface area is 175 Å². The first kappa shape index (κ1) is 22.1. The van der Waals surface area contributed by atoms with Crippen LogP contribution in [0.2, 0.25) is 0 Å². The Morgan fingerprint density at radius 2 is 1.48 bits per heavy atom. The number of fused-ring (bicyclic) bond motifs is 1. The lowest BCUT2D eigenvalue weighted by Gasteiger charge is -2.09. The highest BCUT2D eigenvalue weighted by atomic mass is 19.4. The molecule has 0 unspecified atom stereocenters. The lowest BCUT2D eigenvalue weighted by molar-refractivity contribution is -0.137. The first-order valence-electron chi connectivity index (χ1n) is 9.39. The first-order chi connectivity index (χ1) is 14.7. The van der Waals surface area contributed by atoms with Crippen molar-refractivity contribution in [2.45, 2.75) is 20.0 Å². The van der Waals surface area contributed by atoms with Gasteiger partial charge in [-0.2, -0.15) is 13.2 Å². The fraction of sp³-hybridized carbons (Fsp3) is 0.227. The lowest BCUT2D eigenvalue weighted by Crippen LogP contribution is -2.16. The van der Waals surface area contributed by atoms with Gasteiger partial charge < -0.3 is 13.9 Å². The van der Waals surface area contributed by atoms with Crippen LogP contribution in [-0.2, 0) is 15.7 Å². The molecule has 0 spiro atoms. The van der Waals surface area contributed by atoms with Gasteiger partial charge in [0, 0.05) is 11.8 Å². The van der Waals surface area contributed by atoms with Crippen LogP contribution in [0.3, 0.4) is 0 Å². The first-order valence-corrected chi connectivity index (χ1v) is 9.39. The molecule has 3 aromatic rings. The number of alkyl halides is 3. The van der Waals surface area contributed by atoms with E-state index in [4.69, 9.17) is 9.47 Å². The van der Waals surface area contributed by atoms with Crippen molar-refractivity contribution in [1.82, 2.24) is 4.40 Å². The van der Waals surface area contributed by atoms with Gasteiger partial charge in [0.15, 0.2) is 0 Å². The molecule has 2 heterocycles. The number of pyridine rings is 1. The van der Waals surface area contributed by atoms with E-state index in [1.165, 1.54) is 26.0 Å². The van der Waals surface area contributed by atoms with E-state index in [0.717, 1.165) is 16.7 Å². The van der Waals surface area contributed by atoms with Crippen LogP contribution in [0, 0.1) is 0 Å². The summed E-state index contributed by atoms with van der Waals surface area (Å²) in [5.74, 6) is -2.70. The number of ketones is 1. The van der Waals surface area contributed by atoms with Crippen LogP contribution in [0.15, 0.2) is 48.7 Å². The normalized spacial score (nSPS) is 11.4. The van der Waals surface area contributed by atoms with E-state index in [1.54, 1.807) is 18.2 Å². The molecule has 0 bridgehead atoms. The van der Waals surface area contributed by atoms with Gasteiger partial charge in [0.05, 0.1) is 24.3 Å². The van der Waals surface area contributed by atoms with Crippen LogP contribution < -0.4 is 0 Å². The molecular weight excluding hydrogens is 415 g/mol. The fourth-order valence-electron chi connectivity index (χ4n) is 3.19. The van der Waals surface area contributed by atoms with E-state index in [-0.39, 0.29) is 30.0 Å². The topological polar surface area (TPSA) is 74.1 Å². The van der Waals surface area contributed by atoms with Gasteiger partial charge in [-0.15, -0.1) is 0 Å². The molecule has 0 N–H and O–H groups in total. The largest absolute Gasteiger partial charge is 0.462 e. The van der Waals surface area contributed by atoms with Gasteiger partial charge >= 0.3 is 18.1 Å². The van der Waals surface area contributed by atoms with Crippen LogP contribution in [-0.4, -0.2) is 35.3 Å². The van der Waals surface area contributed by atoms with Crippen LogP contribution in [0.25, 0.3) is 5.52 Å². The van der Waals surface area contributed by atoms with E-state index in [9.17, 15) is 27.6 Å². The number of carbonyl (C=O) groups excluding carboxylic acids is 3. The highest BCUT2D eigenvalue weighted by Crippen LogP contribution is 2.34. The number of nitrogens with zero attached hydrogens (tertiary/aromatic N) is 1. The van der Waals surface area contributed by atoms with Crippen LogP contribution in [0.4, 0.5) is 13.2 Å². The highest BCUT2D eigenvalue weighted by molar-refractivity contribution is 6.19. The summed E-state index contributed by atoms with van der Waals surface area (Å²) in [6, 6.07) is 9.33. The number of halogens is 3. The van der Waals surface area contributed by atoms with Crippen molar-refractivity contribution in [3.63, 3.8) is 0 Å². The van der Waals surface area contributed by atoms with Gasteiger partial charge in [-0.1, -0.05) is 30.3 Å². The molecule has 9 heteroatoms. The predicted octanol–water partition coefficient (Wildman–Crippen LogP) is 4.54. The van der Waals surface area contributed by atoms with Crippen LogP contribution >= 0.6 is 0 Å². The molecule has 3 rings (SSSR count). The summed E-state index contributed by atoms with van der Waals surface area (Å²) in [7, 11) is 0. The quantitative estimate of drug-likeness (QED) is 0.422. The fourth-order valence-corrected chi connectivity index (χ4v) is 3.19. The maximum Gasteiger partial charge on any atom is 0.416 e. The molecule has 162 valence electrons. The molecule has 0 aliphatic rings. The monoisotopic (exact) mass is 433 g/mol. The lowest BCUT2D eigenvalue weighted by atomic mass is 10.0. The summed E-state index contributed by atoms with van der Waals surface area (Å²) in [5, 5.41) is 0. The number of esters is 2. The Balaban J connectivity index is 2.42. The second-order valence-corrected chi connectivity index (χ2v) is 6.40. The summed E-state index contributed by atoms with van der Waals surface area (Å²) in [6.07, 6.45) is -3.70. The summed E-state index contributed by atoms with van der Waals surface area (Å²) in [4.78, 5) is 38.7. The van der Waals surface area contributed by atoms with Gasteiger partial charge in [-0.3, -0.25) is 4.79 Å². The maximum atomic E-state index is 13.3. The third-order valence-corrected chi connectivity index (χ3v) is 4.48. The zero-order valence-electron chi connectivity index (χ0n) is 16.7. The molecule has 0 radical (unpaired) electrons. The Kier molecular flexibility index (Phi) is 6.14. The summed E-state index contributed by atoms with van der Waals surface area (Å²) >= 11 is 0.